The predicted molar refractivity (Wildman–Crippen MR) is 73.7 cm³/mol. The molecule has 2 nitrogen and oxygen atoms in total. The van der Waals surface area contributed by atoms with Crippen molar-refractivity contribution in [3.63, 3.8) is 0 Å². The maximum Gasteiger partial charge on any atom is 0.0957 e. The molecule has 18 heavy (non-hydrogen) atoms. The molecule has 2 aliphatic rings. The summed E-state index contributed by atoms with van der Waals surface area (Å²) < 4.78 is 6.43. The van der Waals surface area contributed by atoms with E-state index in [2.05, 4.69) is 36.5 Å². The van der Waals surface area contributed by atoms with Gasteiger partial charge in [0, 0.05) is 13.1 Å². The third-order valence-corrected chi connectivity index (χ3v) is 4.44. The van der Waals surface area contributed by atoms with Crippen LogP contribution in [0.1, 0.15) is 49.8 Å². The zero-order chi connectivity index (χ0) is 12.4. The lowest BCUT2D eigenvalue weighted by Gasteiger charge is -2.39. The van der Waals surface area contributed by atoms with E-state index in [1.807, 2.05) is 0 Å². The lowest BCUT2D eigenvalue weighted by Crippen LogP contribution is -2.49. The van der Waals surface area contributed by atoms with Crippen molar-refractivity contribution >= 4 is 0 Å². The van der Waals surface area contributed by atoms with Gasteiger partial charge < -0.3 is 10.1 Å². The number of nitrogens with one attached hydrogen (secondary N) is 1. The zero-order valence-electron chi connectivity index (χ0n) is 11.2. The maximum absolute atomic E-state index is 6.43. The van der Waals surface area contributed by atoms with Crippen molar-refractivity contribution in [1.82, 2.24) is 5.32 Å². The van der Waals surface area contributed by atoms with Gasteiger partial charge in [0.05, 0.1) is 11.7 Å². The highest BCUT2D eigenvalue weighted by Gasteiger charge is 2.39. The highest BCUT2D eigenvalue weighted by Crippen LogP contribution is 2.39. The van der Waals surface area contributed by atoms with Gasteiger partial charge in [0.2, 0.25) is 0 Å². The molecule has 2 fully saturated rings. The van der Waals surface area contributed by atoms with Crippen LogP contribution < -0.4 is 5.32 Å². The molecule has 1 atom stereocenters. The first-order valence-corrected chi connectivity index (χ1v) is 7.29. The second-order valence-electron chi connectivity index (χ2n) is 5.72. The summed E-state index contributed by atoms with van der Waals surface area (Å²) in [6.07, 6.45) is 6.44. The molecule has 1 aliphatic carbocycles. The van der Waals surface area contributed by atoms with Crippen molar-refractivity contribution in [3.05, 3.63) is 35.4 Å². The molecule has 1 saturated carbocycles. The third kappa shape index (κ3) is 2.32. The summed E-state index contributed by atoms with van der Waals surface area (Å²) in [5, 5.41) is 3.57. The van der Waals surface area contributed by atoms with Gasteiger partial charge in [0.25, 0.3) is 0 Å². The van der Waals surface area contributed by atoms with Crippen LogP contribution in [0.5, 0.6) is 0 Å². The van der Waals surface area contributed by atoms with E-state index >= 15 is 0 Å². The molecule has 1 aromatic carbocycles. The summed E-state index contributed by atoms with van der Waals surface area (Å²) in [6.45, 7) is 4.19. The third-order valence-electron chi connectivity index (χ3n) is 4.44. The first kappa shape index (κ1) is 12.2. The van der Waals surface area contributed by atoms with E-state index in [4.69, 9.17) is 4.74 Å². The van der Waals surface area contributed by atoms with Crippen molar-refractivity contribution in [1.29, 1.82) is 0 Å². The van der Waals surface area contributed by atoms with Crippen molar-refractivity contribution in [3.8, 4) is 0 Å². The normalized spacial score (nSPS) is 26.6. The Labute approximate surface area is 110 Å². The van der Waals surface area contributed by atoms with Gasteiger partial charge in [0.15, 0.2) is 0 Å². The van der Waals surface area contributed by atoms with Crippen LogP contribution >= 0.6 is 0 Å². The molecule has 0 amide bonds. The molecule has 0 bridgehead atoms. The van der Waals surface area contributed by atoms with Gasteiger partial charge in [-0.05, 0) is 30.4 Å². The molecule has 3 rings (SSSR count). The lowest BCUT2D eigenvalue weighted by molar-refractivity contribution is -0.114. The van der Waals surface area contributed by atoms with Crippen LogP contribution in [-0.4, -0.2) is 18.7 Å². The lowest BCUT2D eigenvalue weighted by atomic mass is 9.97. The Morgan fingerprint density at radius 1 is 1.22 bits per heavy atom. The Hall–Kier alpha value is -0.860. The number of aryl methyl sites for hydroxylation is 1. The molecule has 1 spiro atoms. The monoisotopic (exact) mass is 245 g/mol. The highest BCUT2D eigenvalue weighted by molar-refractivity contribution is 5.25. The minimum atomic E-state index is 0.131. The van der Waals surface area contributed by atoms with E-state index in [9.17, 15) is 0 Å². The second kappa shape index (κ2) is 5.02. The Morgan fingerprint density at radius 2 is 1.94 bits per heavy atom. The van der Waals surface area contributed by atoms with E-state index in [0.717, 1.165) is 19.5 Å². The molecule has 1 N–H and O–H groups in total. The van der Waals surface area contributed by atoms with Gasteiger partial charge in [-0.1, -0.05) is 44.0 Å². The molecule has 1 aliphatic heterocycles. The van der Waals surface area contributed by atoms with Crippen molar-refractivity contribution < 1.29 is 4.74 Å². The molecule has 0 aromatic heterocycles. The Balaban J connectivity index is 1.74. The molecular formula is C16H23NO. The summed E-state index contributed by atoms with van der Waals surface area (Å²) in [6, 6.07) is 8.93. The van der Waals surface area contributed by atoms with Gasteiger partial charge in [-0.2, -0.15) is 0 Å². The van der Waals surface area contributed by atoms with Crippen LogP contribution in [0.3, 0.4) is 0 Å². The standard InChI is InChI=1S/C16H23NO/c1-2-13-5-7-14(8-6-13)15-11-17-12-16(18-15)9-3-4-10-16/h5-8,15,17H,2-4,9-12H2,1H3. The Morgan fingerprint density at radius 3 is 2.61 bits per heavy atom. The van der Waals surface area contributed by atoms with Crippen LogP contribution in [-0.2, 0) is 11.2 Å². The molecule has 2 heteroatoms. The molecule has 1 saturated heterocycles. The SMILES string of the molecule is CCc1ccc(C2CNCC3(CCCC3)O2)cc1. The number of benzene rings is 1. The number of hydrogen-bond donors (Lipinski definition) is 1. The maximum atomic E-state index is 6.43. The first-order chi connectivity index (χ1) is 8.81. The van der Waals surface area contributed by atoms with Crippen LogP contribution in [0.15, 0.2) is 24.3 Å². The fourth-order valence-corrected chi connectivity index (χ4v) is 3.28. The summed E-state index contributed by atoms with van der Waals surface area (Å²) in [5.74, 6) is 0. The zero-order valence-corrected chi connectivity index (χ0v) is 11.2. The van der Waals surface area contributed by atoms with E-state index < -0.39 is 0 Å². The van der Waals surface area contributed by atoms with Crippen LogP contribution in [0.4, 0.5) is 0 Å². The minimum Gasteiger partial charge on any atom is -0.364 e. The number of morpholine rings is 1. The van der Waals surface area contributed by atoms with Crippen molar-refractivity contribution in [2.75, 3.05) is 13.1 Å². The largest absolute Gasteiger partial charge is 0.364 e. The van der Waals surface area contributed by atoms with Gasteiger partial charge in [0.1, 0.15) is 0 Å². The molecule has 1 aromatic rings. The van der Waals surface area contributed by atoms with Crippen LogP contribution in [0.25, 0.3) is 0 Å². The van der Waals surface area contributed by atoms with E-state index in [-0.39, 0.29) is 11.7 Å². The van der Waals surface area contributed by atoms with Gasteiger partial charge in [-0.3, -0.25) is 0 Å². The second-order valence-corrected chi connectivity index (χ2v) is 5.72. The molecular weight excluding hydrogens is 222 g/mol. The molecule has 0 radical (unpaired) electrons. The van der Waals surface area contributed by atoms with Crippen LogP contribution in [0.2, 0.25) is 0 Å². The van der Waals surface area contributed by atoms with Gasteiger partial charge in [-0.15, -0.1) is 0 Å². The molecule has 98 valence electrons. The summed E-state index contributed by atoms with van der Waals surface area (Å²) in [4.78, 5) is 0. The number of ether oxygens (including phenoxy) is 1. The average molecular weight is 245 g/mol. The van der Waals surface area contributed by atoms with Gasteiger partial charge >= 0.3 is 0 Å². The summed E-state index contributed by atoms with van der Waals surface area (Å²) >= 11 is 0. The van der Waals surface area contributed by atoms with E-state index in [0.29, 0.717) is 0 Å². The highest BCUT2D eigenvalue weighted by atomic mass is 16.5. The fourth-order valence-electron chi connectivity index (χ4n) is 3.28. The smallest absolute Gasteiger partial charge is 0.0957 e. The van der Waals surface area contributed by atoms with E-state index in [1.165, 1.54) is 36.8 Å². The fraction of sp³-hybridized carbons (Fsp3) is 0.625. The molecule has 1 unspecified atom stereocenters. The Bertz CT molecular complexity index is 392. The van der Waals surface area contributed by atoms with Crippen molar-refractivity contribution in [2.45, 2.75) is 50.7 Å². The summed E-state index contributed by atoms with van der Waals surface area (Å²) in [5.41, 5.74) is 2.86. The number of rotatable bonds is 2. The molecule has 1 heterocycles. The topological polar surface area (TPSA) is 21.3 Å². The first-order valence-electron chi connectivity index (χ1n) is 7.29. The minimum absolute atomic E-state index is 0.131. The van der Waals surface area contributed by atoms with E-state index in [1.54, 1.807) is 0 Å². The van der Waals surface area contributed by atoms with Crippen LogP contribution in [0, 0.1) is 0 Å². The Kier molecular flexibility index (Phi) is 3.40. The summed E-state index contributed by atoms with van der Waals surface area (Å²) in [7, 11) is 0. The quantitative estimate of drug-likeness (QED) is 0.863. The average Bonchev–Trinajstić information content (AvgIpc) is 2.87. The predicted octanol–water partition coefficient (Wildman–Crippen LogP) is 3.22. The van der Waals surface area contributed by atoms with Gasteiger partial charge in [-0.25, -0.2) is 0 Å². The number of hydrogen-bond acceptors (Lipinski definition) is 2. The van der Waals surface area contributed by atoms with Crippen molar-refractivity contribution in [2.24, 2.45) is 0 Å².